The van der Waals surface area contributed by atoms with Crippen molar-refractivity contribution in [1.82, 2.24) is 0 Å². The van der Waals surface area contributed by atoms with E-state index in [-0.39, 0.29) is 0 Å². The molecule has 0 aliphatic heterocycles. The molecule has 1 nitrogen and oxygen atoms in total. The first-order valence-electron chi connectivity index (χ1n) is 15.0. The Morgan fingerprint density at radius 3 is 2.27 bits per heavy atom. The second kappa shape index (κ2) is 13.3. The Labute approximate surface area is 205 Å². The number of aryl methyl sites for hydroxylation is 2. The summed E-state index contributed by atoms with van der Waals surface area (Å²) in [5.41, 5.74) is 4.97. The summed E-state index contributed by atoms with van der Waals surface area (Å²) in [5.74, 6) is 3.89. The summed E-state index contributed by atoms with van der Waals surface area (Å²) in [6.07, 6.45) is 25.4. The monoisotopic (exact) mass is 452 g/mol. The van der Waals surface area contributed by atoms with Gasteiger partial charge in [0.2, 0.25) is 0 Å². The van der Waals surface area contributed by atoms with E-state index < -0.39 is 0 Å². The van der Waals surface area contributed by atoms with Crippen LogP contribution in [0.15, 0.2) is 18.2 Å². The Kier molecular flexibility index (Phi) is 10.2. The van der Waals surface area contributed by atoms with Crippen LogP contribution in [-0.2, 0) is 24.0 Å². The van der Waals surface area contributed by atoms with Crippen LogP contribution in [0.1, 0.15) is 127 Å². The number of ether oxygens (including phenoxy) is 1. The highest BCUT2D eigenvalue weighted by molar-refractivity contribution is 5.34. The molecule has 0 bridgehead atoms. The van der Waals surface area contributed by atoms with Crippen molar-refractivity contribution in [2.45, 2.75) is 136 Å². The zero-order valence-corrected chi connectivity index (χ0v) is 22.0. The van der Waals surface area contributed by atoms with Gasteiger partial charge in [-0.2, -0.15) is 0 Å². The van der Waals surface area contributed by atoms with Crippen LogP contribution in [0.25, 0.3) is 0 Å². The molecule has 4 rings (SSSR count). The molecule has 3 aliphatic carbocycles. The quantitative estimate of drug-likeness (QED) is 0.287. The highest BCUT2D eigenvalue weighted by Gasteiger charge is 2.38. The van der Waals surface area contributed by atoms with Crippen LogP contribution in [0, 0.1) is 23.7 Å². The van der Waals surface area contributed by atoms with Crippen molar-refractivity contribution in [3.63, 3.8) is 0 Å². The van der Waals surface area contributed by atoms with Gasteiger partial charge in [-0.15, -0.1) is 0 Å². The summed E-state index contributed by atoms with van der Waals surface area (Å²) in [6, 6.07) is 7.54. The summed E-state index contributed by atoms with van der Waals surface area (Å²) >= 11 is 0. The summed E-state index contributed by atoms with van der Waals surface area (Å²) in [7, 11) is 0. The third kappa shape index (κ3) is 7.33. The minimum atomic E-state index is 0.571. The lowest BCUT2D eigenvalue weighted by Crippen LogP contribution is -2.37. The molecule has 5 unspecified atom stereocenters. The summed E-state index contributed by atoms with van der Waals surface area (Å²) in [4.78, 5) is 0. The lowest BCUT2D eigenvalue weighted by atomic mass is 9.62. The fourth-order valence-corrected chi connectivity index (χ4v) is 7.39. The van der Waals surface area contributed by atoms with Crippen LogP contribution in [0.5, 0.6) is 0 Å². The first-order valence-corrected chi connectivity index (χ1v) is 15.0. The molecule has 186 valence electrons. The predicted octanol–water partition coefficient (Wildman–Crippen LogP) is 9.10. The fraction of sp³-hybridized carbons (Fsp3) is 0.812. The number of hydrogen-bond acceptors (Lipinski definition) is 1. The Balaban J connectivity index is 1.21. The smallest absolute Gasteiger partial charge is 0.0578 e. The van der Waals surface area contributed by atoms with E-state index in [2.05, 4.69) is 32.0 Å². The molecule has 0 heterocycles. The molecule has 5 atom stereocenters. The number of rotatable bonds is 12. The Hall–Kier alpha value is -0.820. The van der Waals surface area contributed by atoms with Gasteiger partial charge in [0.15, 0.2) is 0 Å². The van der Waals surface area contributed by atoms with Gasteiger partial charge in [-0.25, -0.2) is 0 Å². The Bertz CT molecular complexity index is 694. The van der Waals surface area contributed by atoms with Gasteiger partial charge in [0, 0.05) is 6.61 Å². The minimum Gasteiger partial charge on any atom is -0.378 e. The van der Waals surface area contributed by atoms with E-state index in [1.807, 2.05) is 0 Å². The average molecular weight is 453 g/mol. The molecule has 0 amide bonds. The molecular weight excluding hydrogens is 400 g/mol. The van der Waals surface area contributed by atoms with Gasteiger partial charge in [-0.05, 0) is 117 Å². The largest absolute Gasteiger partial charge is 0.378 e. The second-order valence-corrected chi connectivity index (χ2v) is 11.9. The van der Waals surface area contributed by atoms with E-state index in [0.717, 1.165) is 30.3 Å². The van der Waals surface area contributed by atoms with Crippen molar-refractivity contribution in [3.8, 4) is 0 Å². The van der Waals surface area contributed by atoms with Crippen molar-refractivity contribution in [1.29, 1.82) is 0 Å². The third-order valence-electron chi connectivity index (χ3n) is 9.48. The van der Waals surface area contributed by atoms with Gasteiger partial charge in [0.1, 0.15) is 0 Å². The first kappa shape index (κ1) is 25.3. The van der Waals surface area contributed by atoms with Crippen molar-refractivity contribution in [3.05, 3.63) is 34.9 Å². The molecule has 2 fully saturated rings. The van der Waals surface area contributed by atoms with Crippen molar-refractivity contribution < 1.29 is 4.74 Å². The van der Waals surface area contributed by atoms with Crippen LogP contribution < -0.4 is 0 Å². The molecule has 0 aromatic heterocycles. The zero-order chi connectivity index (χ0) is 22.9. The van der Waals surface area contributed by atoms with Crippen molar-refractivity contribution in [2.75, 3.05) is 6.61 Å². The number of unbranched alkanes of at least 4 members (excludes halogenated alkanes) is 6. The topological polar surface area (TPSA) is 9.23 Å². The number of fused-ring (bicyclic) bond motifs is 2. The Morgan fingerprint density at radius 2 is 1.42 bits per heavy atom. The number of benzene rings is 1. The van der Waals surface area contributed by atoms with E-state index in [1.54, 1.807) is 16.7 Å². The summed E-state index contributed by atoms with van der Waals surface area (Å²) < 4.78 is 6.27. The van der Waals surface area contributed by atoms with E-state index in [0.29, 0.717) is 6.10 Å². The van der Waals surface area contributed by atoms with E-state index >= 15 is 0 Å². The SMILES string of the molecule is CCCCCCCc1ccc2c(c1)CCC(C1CCC3CC(OCCCCC)CCC3C1)C2. The highest BCUT2D eigenvalue weighted by atomic mass is 16.5. The molecule has 2 saturated carbocycles. The Morgan fingerprint density at radius 1 is 0.697 bits per heavy atom. The van der Waals surface area contributed by atoms with Crippen LogP contribution >= 0.6 is 0 Å². The van der Waals surface area contributed by atoms with Gasteiger partial charge >= 0.3 is 0 Å². The molecular formula is C32H52O. The summed E-state index contributed by atoms with van der Waals surface area (Å²) in [5, 5.41) is 0. The van der Waals surface area contributed by atoms with Crippen LogP contribution in [-0.4, -0.2) is 12.7 Å². The molecule has 1 heteroatoms. The maximum Gasteiger partial charge on any atom is 0.0578 e. The minimum absolute atomic E-state index is 0.571. The average Bonchev–Trinajstić information content (AvgIpc) is 2.86. The van der Waals surface area contributed by atoms with Crippen molar-refractivity contribution >= 4 is 0 Å². The lowest BCUT2D eigenvalue weighted by molar-refractivity contribution is -0.0249. The lowest BCUT2D eigenvalue weighted by Gasteiger charge is -2.45. The van der Waals surface area contributed by atoms with Crippen LogP contribution in [0.3, 0.4) is 0 Å². The standard InChI is InChI=1S/C32H52O/c1-3-5-7-8-9-11-25-12-13-27-22-28(15-14-26(27)21-25)29-16-17-31-24-32(19-18-30(31)23-29)33-20-10-6-4-2/h12-13,21,28-32H,3-11,14-20,22-24H2,1-2H3. The van der Waals surface area contributed by atoms with Gasteiger partial charge in [0.05, 0.1) is 6.10 Å². The van der Waals surface area contributed by atoms with E-state index in [1.165, 1.54) is 116 Å². The van der Waals surface area contributed by atoms with Gasteiger partial charge in [-0.1, -0.05) is 70.6 Å². The first-order chi connectivity index (χ1) is 16.3. The van der Waals surface area contributed by atoms with E-state index in [9.17, 15) is 0 Å². The zero-order valence-electron chi connectivity index (χ0n) is 22.0. The molecule has 0 spiro atoms. The second-order valence-electron chi connectivity index (χ2n) is 11.9. The maximum atomic E-state index is 6.27. The normalized spacial score (nSPS) is 29.5. The molecule has 1 aromatic rings. The molecule has 0 N–H and O–H groups in total. The third-order valence-corrected chi connectivity index (χ3v) is 9.48. The van der Waals surface area contributed by atoms with Gasteiger partial charge in [0.25, 0.3) is 0 Å². The fourth-order valence-electron chi connectivity index (χ4n) is 7.39. The molecule has 33 heavy (non-hydrogen) atoms. The van der Waals surface area contributed by atoms with Gasteiger partial charge in [-0.3, -0.25) is 0 Å². The predicted molar refractivity (Wildman–Crippen MR) is 142 cm³/mol. The van der Waals surface area contributed by atoms with Crippen LogP contribution in [0.4, 0.5) is 0 Å². The molecule has 0 saturated heterocycles. The van der Waals surface area contributed by atoms with Gasteiger partial charge < -0.3 is 4.74 Å². The van der Waals surface area contributed by atoms with Crippen LogP contribution in [0.2, 0.25) is 0 Å². The molecule has 0 radical (unpaired) electrons. The number of hydrogen-bond donors (Lipinski definition) is 0. The maximum absolute atomic E-state index is 6.27. The van der Waals surface area contributed by atoms with E-state index in [4.69, 9.17) is 4.74 Å². The van der Waals surface area contributed by atoms with Crippen molar-refractivity contribution in [2.24, 2.45) is 23.7 Å². The molecule has 1 aromatic carbocycles. The highest BCUT2D eigenvalue weighted by Crippen LogP contribution is 2.47. The molecule has 3 aliphatic rings. The summed E-state index contributed by atoms with van der Waals surface area (Å²) in [6.45, 7) is 5.58.